The fourth-order valence-corrected chi connectivity index (χ4v) is 6.48. The van der Waals surface area contributed by atoms with Crippen molar-refractivity contribution >= 4 is 56.9 Å². The second kappa shape index (κ2) is 14.9. The first-order valence-corrected chi connectivity index (χ1v) is 17.0. The van der Waals surface area contributed by atoms with Gasteiger partial charge in [-0.15, -0.1) is 0 Å². The number of fused-ring (bicyclic) bond motifs is 2. The third-order valence-corrected chi connectivity index (χ3v) is 9.17. The number of ether oxygens (including phenoxy) is 3. The monoisotopic (exact) mass is 694 g/mol. The first kappa shape index (κ1) is 33.0. The van der Waals surface area contributed by atoms with Crippen LogP contribution in [-0.2, 0) is 9.47 Å². The third-order valence-electron chi connectivity index (χ3n) is 8.70. The summed E-state index contributed by atoms with van der Waals surface area (Å²) >= 11 is 12.2. The average Bonchev–Trinajstić information content (AvgIpc) is 3.15. The summed E-state index contributed by atoms with van der Waals surface area (Å²) in [4.78, 5) is 23.1. The van der Waals surface area contributed by atoms with Crippen molar-refractivity contribution in [3.05, 3.63) is 101 Å². The van der Waals surface area contributed by atoms with Crippen molar-refractivity contribution < 1.29 is 14.2 Å². The van der Waals surface area contributed by atoms with E-state index in [1.165, 1.54) is 5.56 Å². The molecule has 4 aromatic carbocycles. The Balaban J connectivity index is 0.000000154. The molecule has 0 spiro atoms. The van der Waals surface area contributed by atoms with Crippen LogP contribution in [0.1, 0.15) is 5.56 Å². The number of morpholine rings is 2. The maximum atomic E-state index is 6.17. The van der Waals surface area contributed by atoms with Gasteiger partial charge in [0.2, 0.25) is 0 Å². The second-order valence-corrected chi connectivity index (χ2v) is 12.7. The smallest absolute Gasteiger partial charge is 0.148 e. The summed E-state index contributed by atoms with van der Waals surface area (Å²) in [7, 11) is 1.66. The molecule has 8 rings (SSSR count). The molecule has 2 aliphatic heterocycles. The van der Waals surface area contributed by atoms with E-state index in [-0.39, 0.29) is 0 Å². The maximum Gasteiger partial charge on any atom is 0.148 e. The Labute approximate surface area is 295 Å². The van der Waals surface area contributed by atoms with Gasteiger partial charge in [-0.05, 0) is 83.8 Å². The van der Waals surface area contributed by atoms with Crippen LogP contribution in [0, 0.1) is 6.92 Å². The van der Waals surface area contributed by atoms with Gasteiger partial charge in [0.15, 0.2) is 0 Å². The van der Waals surface area contributed by atoms with Gasteiger partial charge in [-0.1, -0.05) is 41.4 Å². The molecule has 11 heteroatoms. The summed E-state index contributed by atoms with van der Waals surface area (Å²) in [6.07, 6.45) is 3.67. The van der Waals surface area contributed by atoms with Crippen molar-refractivity contribution in [2.45, 2.75) is 6.92 Å². The molecule has 49 heavy (non-hydrogen) atoms. The highest BCUT2D eigenvalue weighted by Gasteiger charge is 2.16. The van der Waals surface area contributed by atoms with E-state index in [1.54, 1.807) is 7.11 Å². The molecular weight excluding hydrogens is 659 g/mol. The Morgan fingerprint density at radius 1 is 0.592 bits per heavy atom. The molecule has 0 N–H and O–H groups in total. The Morgan fingerprint density at radius 3 is 1.63 bits per heavy atom. The minimum absolute atomic E-state index is 0.670. The molecule has 0 radical (unpaired) electrons. The minimum atomic E-state index is 0.670. The van der Waals surface area contributed by atoms with Crippen molar-refractivity contribution in [3.63, 3.8) is 0 Å². The number of halogens is 2. The highest BCUT2D eigenvalue weighted by molar-refractivity contribution is 6.31. The Hall–Kier alpha value is -4.54. The number of hydrogen-bond donors (Lipinski definition) is 0. The topological polar surface area (TPSA) is 85.7 Å². The van der Waals surface area contributed by atoms with E-state index >= 15 is 0 Å². The van der Waals surface area contributed by atoms with Crippen LogP contribution in [0.2, 0.25) is 10.0 Å². The SMILES string of the molecule is COc1ccc(Cl)cc1-c1ccc2ncc(N3CCOCC3)nc2c1.Cc1cc(Cl)ccc1-c1ccc2ncc(N3CCOCC3)nc2c1. The van der Waals surface area contributed by atoms with Crippen LogP contribution in [0.3, 0.4) is 0 Å². The average molecular weight is 696 g/mol. The fourth-order valence-electron chi connectivity index (χ4n) is 6.08. The van der Waals surface area contributed by atoms with Crippen LogP contribution in [0.15, 0.2) is 85.2 Å². The molecule has 0 bridgehead atoms. The van der Waals surface area contributed by atoms with Crippen LogP contribution in [0.5, 0.6) is 5.75 Å². The molecule has 2 aliphatic rings. The molecule has 6 aromatic rings. The highest BCUT2D eigenvalue weighted by atomic mass is 35.5. The minimum Gasteiger partial charge on any atom is -0.496 e. The van der Waals surface area contributed by atoms with Crippen LogP contribution in [0.4, 0.5) is 11.6 Å². The number of rotatable bonds is 5. The van der Waals surface area contributed by atoms with E-state index in [4.69, 9.17) is 47.4 Å². The molecule has 0 unspecified atom stereocenters. The lowest BCUT2D eigenvalue weighted by Crippen LogP contribution is -2.36. The van der Waals surface area contributed by atoms with Crippen LogP contribution in [0.25, 0.3) is 44.3 Å². The van der Waals surface area contributed by atoms with Gasteiger partial charge in [-0.2, -0.15) is 0 Å². The molecule has 0 atom stereocenters. The van der Waals surface area contributed by atoms with Crippen molar-refractivity contribution in [1.82, 2.24) is 19.9 Å². The predicted molar refractivity (Wildman–Crippen MR) is 197 cm³/mol. The number of aromatic nitrogens is 4. The lowest BCUT2D eigenvalue weighted by Gasteiger charge is -2.27. The first-order valence-electron chi connectivity index (χ1n) is 16.2. The molecule has 2 fully saturated rings. The first-order chi connectivity index (χ1) is 23.9. The third kappa shape index (κ3) is 7.55. The molecular formula is C38H36Cl2N6O3. The Morgan fingerprint density at radius 2 is 1.10 bits per heavy atom. The summed E-state index contributed by atoms with van der Waals surface area (Å²) in [5.74, 6) is 2.57. The summed E-state index contributed by atoms with van der Waals surface area (Å²) in [5, 5.41) is 1.43. The van der Waals surface area contributed by atoms with E-state index in [0.717, 1.165) is 119 Å². The number of methoxy groups -OCH3 is 1. The standard InChI is InChI=1S/C19H18ClN3O2.C19H18ClN3O/c1-24-18-5-3-14(20)11-15(18)13-2-4-16-17(10-13)22-19(12-21-16)23-6-8-25-9-7-23;1-13-10-15(20)3-4-16(13)14-2-5-17-18(11-14)22-19(12-21-17)23-6-8-24-9-7-23/h2-5,10-12H,6-9H2,1H3;2-5,10-12H,6-9H2,1H3. The normalized spacial score (nSPS) is 14.9. The number of anilines is 2. The lowest BCUT2D eigenvalue weighted by molar-refractivity contribution is 0.122. The maximum absolute atomic E-state index is 6.17. The molecule has 9 nitrogen and oxygen atoms in total. The molecule has 0 amide bonds. The predicted octanol–water partition coefficient (Wildman–Crippen LogP) is 7.89. The highest BCUT2D eigenvalue weighted by Crippen LogP contribution is 2.34. The number of hydrogen-bond acceptors (Lipinski definition) is 9. The molecule has 2 aromatic heterocycles. The zero-order valence-corrected chi connectivity index (χ0v) is 28.9. The van der Waals surface area contributed by atoms with Gasteiger partial charge < -0.3 is 24.0 Å². The number of aryl methyl sites for hydroxylation is 1. The fraction of sp³-hybridized carbons (Fsp3) is 0.263. The summed E-state index contributed by atoms with van der Waals surface area (Å²) in [5.41, 5.74) is 8.92. The van der Waals surface area contributed by atoms with Gasteiger partial charge in [0.1, 0.15) is 17.4 Å². The number of nitrogens with zero attached hydrogens (tertiary/aromatic N) is 6. The van der Waals surface area contributed by atoms with Gasteiger partial charge in [-0.25, -0.2) is 9.97 Å². The van der Waals surface area contributed by atoms with Crippen LogP contribution >= 0.6 is 23.2 Å². The van der Waals surface area contributed by atoms with E-state index in [2.05, 4.69) is 44.9 Å². The van der Waals surface area contributed by atoms with Gasteiger partial charge in [0.25, 0.3) is 0 Å². The summed E-state index contributed by atoms with van der Waals surface area (Å²) in [6, 6.07) is 23.8. The molecule has 250 valence electrons. The molecule has 2 saturated heterocycles. The van der Waals surface area contributed by atoms with Crippen molar-refractivity contribution in [1.29, 1.82) is 0 Å². The van der Waals surface area contributed by atoms with Gasteiger partial charge in [0.05, 0.1) is 68.0 Å². The molecule has 4 heterocycles. The zero-order valence-electron chi connectivity index (χ0n) is 27.4. The lowest BCUT2D eigenvalue weighted by atomic mass is 10.0. The van der Waals surface area contributed by atoms with Crippen LogP contribution < -0.4 is 14.5 Å². The van der Waals surface area contributed by atoms with Gasteiger partial charge in [0, 0.05) is 41.8 Å². The second-order valence-electron chi connectivity index (χ2n) is 11.9. The van der Waals surface area contributed by atoms with Gasteiger partial charge in [-0.3, -0.25) is 9.97 Å². The molecule has 0 saturated carbocycles. The van der Waals surface area contributed by atoms with Crippen molar-refractivity contribution in [2.24, 2.45) is 0 Å². The number of benzene rings is 4. The van der Waals surface area contributed by atoms with Crippen molar-refractivity contribution in [2.75, 3.05) is 69.5 Å². The Bertz CT molecular complexity index is 2100. The van der Waals surface area contributed by atoms with E-state index in [0.29, 0.717) is 5.02 Å². The van der Waals surface area contributed by atoms with E-state index in [1.807, 2.05) is 67.0 Å². The summed E-state index contributed by atoms with van der Waals surface area (Å²) < 4.78 is 16.3. The van der Waals surface area contributed by atoms with E-state index in [9.17, 15) is 0 Å². The zero-order chi connectivity index (χ0) is 33.7. The van der Waals surface area contributed by atoms with Crippen molar-refractivity contribution in [3.8, 4) is 28.0 Å². The quantitative estimate of drug-likeness (QED) is 0.179. The van der Waals surface area contributed by atoms with E-state index < -0.39 is 0 Å². The van der Waals surface area contributed by atoms with Crippen LogP contribution in [-0.4, -0.2) is 79.7 Å². The largest absolute Gasteiger partial charge is 0.496 e. The van der Waals surface area contributed by atoms with Gasteiger partial charge >= 0.3 is 0 Å². The summed E-state index contributed by atoms with van der Waals surface area (Å²) in [6.45, 7) is 8.38. The Kier molecular flexibility index (Phi) is 10.0. The molecule has 0 aliphatic carbocycles.